The minimum atomic E-state index is -1.42. The van der Waals surface area contributed by atoms with Crippen LogP contribution in [0.2, 0.25) is 0 Å². The number of aromatic nitrogens is 1. The van der Waals surface area contributed by atoms with Crippen molar-refractivity contribution in [1.82, 2.24) is 14.8 Å². The zero-order valence-corrected chi connectivity index (χ0v) is 19.8. The molecular formula is C27H24FN3O4. The van der Waals surface area contributed by atoms with Gasteiger partial charge in [0.1, 0.15) is 17.2 Å². The number of nitrogens with one attached hydrogen (secondary N) is 1. The molecule has 0 radical (unpaired) electrons. The summed E-state index contributed by atoms with van der Waals surface area (Å²) >= 11 is 0. The molecule has 1 saturated heterocycles. The number of furan rings is 1. The molecule has 178 valence electrons. The van der Waals surface area contributed by atoms with Crippen molar-refractivity contribution in [3.05, 3.63) is 88.7 Å². The lowest BCUT2D eigenvalue weighted by molar-refractivity contribution is -0.131. The van der Waals surface area contributed by atoms with Crippen LogP contribution in [0.25, 0.3) is 16.7 Å². The molecule has 4 aromatic rings. The van der Waals surface area contributed by atoms with Crippen LogP contribution in [0.1, 0.15) is 40.0 Å². The second-order valence-corrected chi connectivity index (χ2v) is 9.07. The Morgan fingerprint density at radius 1 is 1.06 bits per heavy atom. The van der Waals surface area contributed by atoms with E-state index in [4.69, 9.17) is 4.42 Å². The number of urea groups is 1. The highest BCUT2D eigenvalue weighted by atomic mass is 19.1. The van der Waals surface area contributed by atoms with E-state index in [1.165, 1.54) is 6.07 Å². The van der Waals surface area contributed by atoms with Crippen molar-refractivity contribution >= 4 is 28.7 Å². The molecule has 1 fully saturated rings. The van der Waals surface area contributed by atoms with Gasteiger partial charge >= 0.3 is 6.03 Å². The van der Waals surface area contributed by atoms with E-state index in [1.807, 2.05) is 25.1 Å². The molecular weight excluding hydrogens is 449 g/mol. The molecule has 8 heteroatoms. The van der Waals surface area contributed by atoms with E-state index in [2.05, 4.69) is 5.32 Å². The minimum absolute atomic E-state index is 0.298. The number of carbonyl (C=O) groups excluding carboxylic acids is 3. The minimum Gasteiger partial charge on any atom is -0.458 e. The Hall–Kier alpha value is -4.20. The van der Waals surface area contributed by atoms with E-state index in [1.54, 1.807) is 55.7 Å². The summed E-state index contributed by atoms with van der Waals surface area (Å²) in [6.45, 7) is 6.39. The third-order valence-corrected chi connectivity index (χ3v) is 6.64. The average Bonchev–Trinajstić information content (AvgIpc) is 3.45. The molecule has 0 aliphatic carbocycles. The predicted octanol–water partition coefficient (Wildman–Crippen LogP) is 4.94. The van der Waals surface area contributed by atoms with Gasteiger partial charge in [0, 0.05) is 28.0 Å². The van der Waals surface area contributed by atoms with Crippen molar-refractivity contribution in [2.75, 3.05) is 6.54 Å². The molecule has 5 rings (SSSR count). The number of nitrogens with zero attached hydrogens (tertiary/aromatic N) is 2. The molecule has 0 spiro atoms. The van der Waals surface area contributed by atoms with Gasteiger partial charge in [0.15, 0.2) is 11.3 Å². The van der Waals surface area contributed by atoms with Gasteiger partial charge in [-0.15, -0.1) is 0 Å². The van der Waals surface area contributed by atoms with E-state index in [0.29, 0.717) is 33.9 Å². The second kappa shape index (κ2) is 7.94. The maximum atomic E-state index is 14.2. The van der Waals surface area contributed by atoms with Crippen LogP contribution in [0.5, 0.6) is 0 Å². The molecule has 1 N–H and O–H groups in total. The maximum absolute atomic E-state index is 14.2. The summed E-state index contributed by atoms with van der Waals surface area (Å²) in [5.74, 6) is -1.00. The molecule has 2 aromatic heterocycles. The van der Waals surface area contributed by atoms with Gasteiger partial charge in [0.2, 0.25) is 0 Å². The molecule has 0 saturated carbocycles. The zero-order chi connectivity index (χ0) is 25.1. The summed E-state index contributed by atoms with van der Waals surface area (Å²) in [7, 11) is 0. The molecule has 3 amide bonds. The summed E-state index contributed by atoms with van der Waals surface area (Å²) in [5.41, 5.74) is 1.99. The summed E-state index contributed by atoms with van der Waals surface area (Å²) in [4.78, 5) is 40.2. The van der Waals surface area contributed by atoms with Crippen LogP contribution < -0.4 is 5.32 Å². The molecule has 0 bridgehead atoms. The molecule has 2 aromatic carbocycles. The van der Waals surface area contributed by atoms with E-state index in [0.717, 1.165) is 16.0 Å². The number of fused-ring (bicyclic) bond motifs is 1. The predicted molar refractivity (Wildman–Crippen MR) is 128 cm³/mol. The number of carbonyl (C=O) groups is 3. The quantitative estimate of drug-likeness (QED) is 0.329. The zero-order valence-electron chi connectivity index (χ0n) is 19.8. The number of aryl methyl sites for hydroxylation is 2. The van der Waals surface area contributed by atoms with Crippen molar-refractivity contribution in [2.24, 2.45) is 0 Å². The lowest BCUT2D eigenvalue weighted by Crippen LogP contribution is -2.41. The molecule has 1 aliphatic rings. The van der Waals surface area contributed by atoms with Gasteiger partial charge in [-0.05, 0) is 63.6 Å². The number of hydrogen-bond acceptors (Lipinski definition) is 4. The fourth-order valence-corrected chi connectivity index (χ4v) is 4.63. The highest BCUT2D eigenvalue weighted by Crippen LogP contribution is 2.33. The first-order valence-corrected chi connectivity index (χ1v) is 11.2. The van der Waals surface area contributed by atoms with E-state index in [-0.39, 0.29) is 5.82 Å². The first-order valence-electron chi connectivity index (χ1n) is 11.2. The standard InChI is InChI=1S/C27H24FN3O4/c1-15-9-10-19(13-21(15)28)31-16(2)11-20(17(31)3)22(32)14-30-25(33)27(4,29-26(30)34)24-12-18-7-5-6-8-23(18)35-24/h5-13H,14H2,1-4H3,(H,29,34). The van der Waals surface area contributed by atoms with Crippen molar-refractivity contribution in [3.8, 4) is 5.69 Å². The normalized spacial score (nSPS) is 17.9. The molecule has 7 nitrogen and oxygen atoms in total. The Bertz CT molecular complexity index is 1500. The van der Waals surface area contributed by atoms with Crippen LogP contribution in [0.3, 0.4) is 0 Å². The Labute approximate surface area is 201 Å². The van der Waals surface area contributed by atoms with Crippen LogP contribution in [-0.2, 0) is 10.3 Å². The maximum Gasteiger partial charge on any atom is 0.325 e. The first kappa shape index (κ1) is 22.6. The average molecular weight is 474 g/mol. The van der Waals surface area contributed by atoms with E-state index >= 15 is 0 Å². The number of benzene rings is 2. The van der Waals surface area contributed by atoms with Crippen LogP contribution in [0, 0.1) is 26.6 Å². The lowest BCUT2D eigenvalue weighted by atomic mass is 9.98. The van der Waals surface area contributed by atoms with Crippen molar-refractivity contribution in [2.45, 2.75) is 33.2 Å². The first-order chi connectivity index (χ1) is 16.6. The summed E-state index contributed by atoms with van der Waals surface area (Å²) in [5, 5.41) is 3.48. The lowest BCUT2D eigenvalue weighted by Gasteiger charge is -2.18. The van der Waals surface area contributed by atoms with E-state index < -0.39 is 29.8 Å². The van der Waals surface area contributed by atoms with E-state index in [9.17, 15) is 18.8 Å². The third-order valence-electron chi connectivity index (χ3n) is 6.64. The van der Waals surface area contributed by atoms with Gasteiger partial charge in [-0.2, -0.15) is 0 Å². The molecule has 1 unspecified atom stereocenters. The molecule has 1 atom stereocenters. The molecule has 1 aliphatic heterocycles. The fraction of sp³-hybridized carbons (Fsp3) is 0.222. The van der Waals surface area contributed by atoms with Crippen LogP contribution in [-0.4, -0.2) is 33.7 Å². The van der Waals surface area contributed by atoms with Crippen molar-refractivity contribution < 1.29 is 23.2 Å². The SMILES string of the molecule is Cc1ccc(-n2c(C)cc(C(=O)CN3C(=O)NC(C)(c4cc5ccccc5o4)C3=O)c2C)cc1F. The smallest absolute Gasteiger partial charge is 0.325 e. The number of para-hydroxylation sites is 1. The van der Waals surface area contributed by atoms with Crippen LogP contribution in [0.4, 0.5) is 9.18 Å². The number of halogens is 1. The van der Waals surface area contributed by atoms with Gasteiger partial charge in [-0.25, -0.2) is 9.18 Å². The topological polar surface area (TPSA) is 84.6 Å². The number of hydrogen-bond donors (Lipinski definition) is 1. The van der Waals surface area contributed by atoms with Gasteiger partial charge in [-0.1, -0.05) is 24.3 Å². The third kappa shape index (κ3) is 3.53. The van der Waals surface area contributed by atoms with Crippen LogP contribution >= 0.6 is 0 Å². The number of rotatable bonds is 5. The fourth-order valence-electron chi connectivity index (χ4n) is 4.63. The van der Waals surface area contributed by atoms with Gasteiger partial charge < -0.3 is 14.3 Å². The van der Waals surface area contributed by atoms with Gasteiger partial charge in [0.25, 0.3) is 5.91 Å². The Morgan fingerprint density at radius 3 is 2.51 bits per heavy atom. The van der Waals surface area contributed by atoms with Gasteiger partial charge in [-0.3, -0.25) is 14.5 Å². The largest absolute Gasteiger partial charge is 0.458 e. The number of Topliss-reactive ketones (excluding diaryl/α,β-unsaturated/α-hetero) is 1. The van der Waals surface area contributed by atoms with Gasteiger partial charge in [0.05, 0.1) is 6.54 Å². The number of ketones is 1. The Kier molecular flexibility index (Phi) is 5.12. The summed E-state index contributed by atoms with van der Waals surface area (Å²) in [6.07, 6.45) is 0. The van der Waals surface area contributed by atoms with Crippen molar-refractivity contribution in [3.63, 3.8) is 0 Å². The highest BCUT2D eigenvalue weighted by Gasteiger charge is 2.51. The Balaban J connectivity index is 1.42. The highest BCUT2D eigenvalue weighted by molar-refractivity contribution is 6.11. The summed E-state index contributed by atoms with van der Waals surface area (Å²) in [6, 6.07) is 14.9. The second-order valence-electron chi connectivity index (χ2n) is 9.07. The Morgan fingerprint density at radius 2 is 1.80 bits per heavy atom. The molecule has 3 heterocycles. The monoisotopic (exact) mass is 473 g/mol. The number of imide groups is 1. The molecule has 35 heavy (non-hydrogen) atoms. The number of amides is 3. The van der Waals surface area contributed by atoms with Crippen LogP contribution in [0.15, 0.2) is 59.0 Å². The summed E-state index contributed by atoms with van der Waals surface area (Å²) < 4.78 is 21.8. The van der Waals surface area contributed by atoms with Crippen molar-refractivity contribution in [1.29, 1.82) is 0 Å².